The molecule has 1 nitrogen and oxygen atoms in total. The fourth-order valence-electron chi connectivity index (χ4n) is 2.75. The highest BCUT2D eigenvalue weighted by Crippen LogP contribution is 2.30. The van der Waals surface area contributed by atoms with E-state index in [0.717, 1.165) is 18.8 Å². The predicted molar refractivity (Wildman–Crippen MR) is 67.2 cm³/mol. The minimum Gasteiger partial charge on any atom is -0.388 e. The van der Waals surface area contributed by atoms with Crippen LogP contribution in [0.1, 0.15) is 56.6 Å². The summed E-state index contributed by atoms with van der Waals surface area (Å²) in [4.78, 5) is 0. The molecule has 1 aliphatic carbocycles. The fraction of sp³-hybridized carbons (Fsp3) is 0.600. The fourth-order valence-corrected chi connectivity index (χ4v) is 2.75. The zero-order valence-corrected chi connectivity index (χ0v) is 10.2. The number of rotatable bonds is 4. The van der Waals surface area contributed by atoms with Crippen molar-refractivity contribution in [2.75, 3.05) is 0 Å². The largest absolute Gasteiger partial charge is 0.388 e. The van der Waals surface area contributed by atoms with Crippen molar-refractivity contribution in [3.05, 3.63) is 35.6 Å². The molecule has 0 amide bonds. The number of aliphatic hydroxyl groups is 1. The lowest BCUT2D eigenvalue weighted by molar-refractivity contribution is 0.151. The van der Waals surface area contributed by atoms with Crippen molar-refractivity contribution >= 4 is 0 Å². The van der Waals surface area contributed by atoms with Crippen molar-refractivity contribution in [2.45, 2.75) is 51.0 Å². The minimum absolute atomic E-state index is 0.265. The number of aliphatic hydroxyl groups excluding tert-OH is 1. The van der Waals surface area contributed by atoms with E-state index in [9.17, 15) is 9.50 Å². The Morgan fingerprint density at radius 2 is 2.00 bits per heavy atom. The van der Waals surface area contributed by atoms with E-state index in [2.05, 4.69) is 0 Å². The Kier molecular flexibility index (Phi) is 4.55. The Hall–Kier alpha value is -0.890. The van der Waals surface area contributed by atoms with Crippen LogP contribution in [0.4, 0.5) is 4.39 Å². The molecule has 1 atom stereocenters. The second-order valence-corrected chi connectivity index (χ2v) is 5.15. The highest BCUT2D eigenvalue weighted by atomic mass is 19.1. The molecule has 2 rings (SSSR count). The summed E-state index contributed by atoms with van der Waals surface area (Å²) in [5, 5.41) is 10.0. The van der Waals surface area contributed by atoms with Gasteiger partial charge in [-0.2, -0.15) is 0 Å². The normalized spacial score (nSPS) is 19.2. The molecule has 0 spiro atoms. The predicted octanol–water partition coefficient (Wildman–Crippen LogP) is 4.22. The van der Waals surface area contributed by atoms with Gasteiger partial charge in [0.15, 0.2) is 0 Å². The smallest absolute Gasteiger partial charge is 0.123 e. The van der Waals surface area contributed by atoms with Gasteiger partial charge >= 0.3 is 0 Å². The van der Waals surface area contributed by atoms with Crippen molar-refractivity contribution in [1.82, 2.24) is 0 Å². The van der Waals surface area contributed by atoms with Crippen molar-refractivity contribution in [3.63, 3.8) is 0 Å². The van der Waals surface area contributed by atoms with E-state index in [4.69, 9.17) is 0 Å². The van der Waals surface area contributed by atoms with Crippen molar-refractivity contribution in [2.24, 2.45) is 5.92 Å². The molecule has 0 saturated heterocycles. The molecule has 1 aliphatic rings. The lowest BCUT2D eigenvalue weighted by Gasteiger charge is -2.22. The third-order valence-electron chi connectivity index (χ3n) is 3.81. The molecule has 0 radical (unpaired) electrons. The molecule has 2 heteroatoms. The summed E-state index contributed by atoms with van der Waals surface area (Å²) in [6, 6.07) is 6.31. The highest BCUT2D eigenvalue weighted by molar-refractivity contribution is 5.18. The zero-order chi connectivity index (χ0) is 12.1. The standard InChI is InChI=1S/C15H21FO/c16-14-8-4-7-13(11-14)15(17)10-9-12-5-2-1-3-6-12/h4,7-8,11-12,15,17H,1-3,5-6,9-10H2. The van der Waals surface area contributed by atoms with Crippen LogP contribution >= 0.6 is 0 Å². The second-order valence-electron chi connectivity index (χ2n) is 5.15. The molecule has 1 fully saturated rings. The summed E-state index contributed by atoms with van der Waals surface area (Å²) in [6.45, 7) is 0. The number of hydrogen-bond donors (Lipinski definition) is 1. The van der Waals surface area contributed by atoms with Gasteiger partial charge in [0.1, 0.15) is 5.82 Å². The van der Waals surface area contributed by atoms with Crippen LogP contribution < -0.4 is 0 Å². The molecule has 1 saturated carbocycles. The first kappa shape index (κ1) is 12.6. The summed E-state index contributed by atoms with van der Waals surface area (Å²) >= 11 is 0. The molecule has 17 heavy (non-hydrogen) atoms. The Balaban J connectivity index is 1.82. The number of benzene rings is 1. The van der Waals surface area contributed by atoms with E-state index in [1.165, 1.54) is 44.2 Å². The molecule has 94 valence electrons. The minimum atomic E-state index is -0.507. The van der Waals surface area contributed by atoms with Crippen LogP contribution in [0.25, 0.3) is 0 Å². The second kappa shape index (κ2) is 6.15. The van der Waals surface area contributed by atoms with Gasteiger partial charge in [0.25, 0.3) is 0 Å². The monoisotopic (exact) mass is 236 g/mol. The molecule has 1 aromatic rings. The highest BCUT2D eigenvalue weighted by Gasteiger charge is 2.16. The van der Waals surface area contributed by atoms with Gasteiger partial charge in [0.2, 0.25) is 0 Å². The molecule has 1 unspecified atom stereocenters. The molecule has 1 aromatic carbocycles. The van der Waals surface area contributed by atoms with E-state index in [1.807, 2.05) is 0 Å². The lowest BCUT2D eigenvalue weighted by Crippen LogP contribution is -2.08. The molecule has 0 heterocycles. The SMILES string of the molecule is OC(CCC1CCCCC1)c1cccc(F)c1. The third kappa shape index (κ3) is 3.81. The van der Waals surface area contributed by atoms with Gasteiger partial charge in [-0.25, -0.2) is 4.39 Å². The number of halogens is 1. The van der Waals surface area contributed by atoms with Gasteiger partial charge in [0, 0.05) is 0 Å². The molecule has 0 aromatic heterocycles. The zero-order valence-electron chi connectivity index (χ0n) is 10.2. The maximum absolute atomic E-state index is 13.0. The molecule has 0 bridgehead atoms. The van der Waals surface area contributed by atoms with Crippen LogP contribution in [0.15, 0.2) is 24.3 Å². The molecule has 1 N–H and O–H groups in total. The Bertz CT molecular complexity index is 345. The van der Waals surface area contributed by atoms with Crippen LogP contribution in [0, 0.1) is 11.7 Å². The first-order valence-corrected chi connectivity index (χ1v) is 6.69. The van der Waals surface area contributed by atoms with Crippen LogP contribution in [0.3, 0.4) is 0 Å². The first-order valence-electron chi connectivity index (χ1n) is 6.69. The summed E-state index contributed by atoms with van der Waals surface area (Å²) in [6.07, 6.45) is 7.95. The van der Waals surface area contributed by atoms with Gasteiger partial charge in [-0.3, -0.25) is 0 Å². The Morgan fingerprint density at radius 3 is 2.71 bits per heavy atom. The van der Waals surface area contributed by atoms with Crippen LogP contribution in [0.5, 0.6) is 0 Å². The van der Waals surface area contributed by atoms with E-state index in [-0.39, 0.29) is 5.82 Å². The average Bonchev–Trinajstić information content (AvgIpc) is 2.37. The van der Waals surface area contributed by atoms with Crippen molar-refractivity contribution < 1.29 is 9.50 Å². The molecular weight excluding hydrogens is 215 g/mol. The van der Waals surface area contributed by atoms with Gasteiger partial charge < -0.3 is 5.11 Å². The Morgan fingerprint density at radius 1 is 1.24 bits per heavy atom. The summed E-state index contributed by atoms with van der Waals surface area (Å²) in [7, 11) is 0. The van der Waals surface area contributed by atoms with Gasteiger partial charge in [0.05, 0.1) is 6.10 Å². The van der Waals surface area contributed by atoms with E-state index in [0.29, 0.717) is 5.56 Å². The van der Waals surface area contributed by atoms with Crippen molar-refractivity contribution in [3.8, 4) is 0 Å². The third-order valence-corrected chi connectivity index (χ3v) is 3.81. The molecular formula is C15H21FO. The van der Waals surface area contributed by atoms with E-state index in [1.54, 1.807) is 12.1 Å². The summed E-state index contributed by atoms with van der Waals surface area (Å²) in [5.74, 6) is 0.506. The van der Waals surface area contributed by atoms with E-state index >= 15 is 0 Å². The summed E-state index contributed by atoms with van der Waals surface area (Å²) in [5.41, 5.74) is 0.709. The Labute approximate surface area is 103 Å². The van der Waals surface area contributed by atoms with E-state index < -0.39 is 6.10 Å². The van der Waals surface area contributed by atoms with Crippen LogP contribution in [0.2, 0.25) is 0 Å². The van der Waals surface area contributed by atoms with Crippen LogP contribution in [-0.4, -0.2) is 5.11 Å². The number of hydrogen-bond acceptors (Lipinski definition) is 1. The molecule has 0 aliphatic heterocycles. The average molecular weight is 236 g/mol. The van der Waals surface area contributed by atoms with Gasteiger partial charge in [-0.15, -0.1) is 0 Å². The maximum Gasteiger partial charge on any atom is 0.123 e. The van der Waals surface area contributed by atoms with Gasteiger partial charge in [-0.1, -0.05) is 44.2 Å². The maximum atomic E-state index is 13.0. The van der Waals surface area contributed by atoms with Crippen LogP contribution in [-0.2, 0) is 0 Å². The van der Waals surface area contributed by atoms with Crippen molar-refractivity contribution in [1.29, 1.82) is 0 Å². The first-order chi connectivity index (χ1) is 8.25. The summed E-state index contributed by atoms with van der Waals surface area (Å²) < 4.78 is 13.0. The van der Waals surface area contributed by atoms with Gasteiger partial charge in [-0.05, 0) is 36.5 Å². The quantitative estimate of drug-likeness (QED) is 0.829. The topological polar surface area (TPSA) is 20.2 Å². The lowest BCUT2D eigenvalue weighted by atomic mass is 9.85.